The number of amides is 1. The van der Waals surface area contributed by atoms with Crippen LogP contribution >= 0.6 is 0 Å². The monoisotopic (exact) mass is 276 g/mol. The van der Waals surface area contributed by atoms with E-state index in [4.69, 9.17) is 0 Å². The van der Waals surface area contributed by atoms with Crippen molar-refractivity contribution in [3.8, 4) is 0 Å². The van der Waals surface area contributed by atoms with Crippen molar-refractivity contribution in [2.24, 2.45) is 5.41 Å². The van der Waals surface area contributed by atoms with Crippen LogP contribution < -0.4 is 10.6 Å². The predicted octanol–water partition coefficient (Wildman–Crippen LogP) is 2.61. The standard InChI is InChI=1S/C15H24N4O/c1-4-7-17-13-10-16-9-12(19-13)14(20)18-11-5-6-15(2,3)8-11/h9-11H,4-8H2,1-3H3,(H,17,19)(H,18,20). The van der Waals surface area contributed by atoms with Gasteiger partial charge in [-0.25, -0.2) is 4.98 Å². The third-order valence-corrected chi connectivity index (χ3v) is 3.73. The molecule has 2 rings (SSSR count). The van der Waals surface area contributed by atoms with Gasteiger partial charge in [0.1, 0.15) is 11.5 Å². The first-order valence-corrected chi connectivity index (χ1v) is 7.37. The van der Waals surface area contributed by atoms with E-state index in [0.717, 1.165) is 32.2 Å². The van der Waals surface area contributed by atoms with E-state index in [1.807, 2.05) is 0 Å². The van der Waals surface area contributed by atoms with Crippen molar-refractivity contribution >= 4 is 11.7 Å². The van der Waals surface area contributed by atoms with Crippen LogP contribution in [0.2, 0.25) is 0 Å². The third-order valence-electron chi connectivity index (χ3n) is 3.73. The van der Waals surface area contributed by atoms with E-state index in [9.17, 15) is 4.79 Å². The molecule has 0 bridgehead atoms. The Hall–Kier alpha value is -1.65. The lowest BCUT2D eigenvalue weighted by molar-refractivity contribution is 0.0930. The zero-order valence-corrected chi connectivity index (χ0v) is 12.6. The molecule has 5 heteroatoms. The number of nitrogens with one attached hydrogen (secondary N) is 2. The molecule has 1 aliphatic rings. The molecule has 0 aliphatic heterocycles. The fourth-order valence-corrected chi connectivity index (χ4v) is 2.63. The van der Waals surface area contributed by atoms with E-state index < -0.39 is 0 Å². The molecule has 20 heavy (non-hydrogen) atoms. The van der Waals surface area contributed by atoms with Crippen molar-refractivity contribution in [3.63, 3.8) is 0 Å². The molecule has 1 fully saturated rings. The predicted molar refractivity (Wildman–Crippen MR) is 79.7 cm³/mol. The highest BCUT2D eigenvalue weighted by molar-refractivity contribution is 5.92. The van der Waals surface area contributed by atoms with Crippen molar-refractivity contribution in [1.82, 2.24) is 15.3 Å². The Balaban J connectivity index is 1.95. The summed E-state index contributed by atoms with van der Waals surface area (Å²) in [7, 11) is 0. The van der Waals surface area contributed by atoms with Crippen LogP contribution in [0.4, 0.5) is 5.82 Å². The smallest absolute Gasteiger partial charge is 0.271 e. The maximum absolute atomic E-state index is 12.2. The van der Waals surface area contributed by atoms with Gasteiger partial charge in [-0.05, 0) is 31.1 Å². The average molecular weight is 276 g/mol. The van der Waals surface area contributed by atoms with Crippen LogP contribution in [0.1, 0.15) is 56.9 Å². The Kier molecular flexibility index (Phi) is 4.57. The third kappa shape index (κ3) is 3.92. The summed E-state index contributed by atoms with van der Waals surface area (Å²) in [5.74, 6) is 0.534. The summed E-state index contributed by atoms with van der Waals surface area (Å²) >= 11 is 0. The van der Waals surface area contributed by atoms with Crippen LogP contribution in [0.5, 0.6) is 0 Å². The summed E-state index contributed by atoms with van der Waals surface area (Å²) < 4.78 is 0. The molecule has 1 saturated carbocycles. The van der Waals surface area contributed by atoms with Crippen molar-refractivity contribution < 1.29 is 4.79 Å². The molecule has 1 aromatic heterocycles. The molecule has 2 N–H and O–H groups in total. The number of hydrogen-bond acceptors (Lipinski definition) is 4. The van der Waals surface area contributed by atoms with Gasteiger partial charge in [0.05, 0.1) is 12.4 Å². The molecular formula is C15H24N4O. The van der Waals surface area contributed by atoms with Gasteiger partial charge in [0, 0.05) is 12.6 Å². The summed E-state index contributed by atoms with van der Waals surface area (Å²) in [5.41, 5.74) is 0.713. The number of nitrogens with zero attached hydrogens (tertiary/aromatic N) is 2. The summed E-state index contributed by atoms with van der Waals surface area (Å²) in [6, 6.07) is 0.256. The van der Waals surface area contributed by atoms with Crippen LogP contribution in [-0.4, -0.2) is 28.5 Å². The molecule has 1 aliphatic carbocycles. The quantitative estimate of drug-likeness (QED) is 0.867. The van der Waals surface area contributed by atoms with Gasteiger partial charge in [-0.2, -0.15) is 0 Å². The van der Waals surface area contributed by atoms with Crippen molar-refractivity contribution in [2.45, 2.75) is 52.5 Å². The minimum absolute atomic E-state index is 0.125. The summed E-state index contributed by atoms with van der Waals surface area (Å²) in [4.78, 5) is 20.6. The number of hydrogen-bond donors (Lipinski definition) is 2. The van der Waals surface area contributed by atoms with E-state index in [-0.39, 0.29) is 11.9 Å². The number of rotatable bonds is 5. The van der Waals surface area contributed by atoms with E-state index in [1.165, 1.54) is 6.20 Å². The number of anilines is 1. The first kappa shape index (κ1) is 14.8. The molecule has 1 atom stereocenters. The zero-order chi connectivity index (χ0) is 14.6. The van der Waals surface area contributed by atoms with E-state index in [1.54, 1.807) is 6.20 Å². The fraction of sp³-hybridized carbons (Fsp3) is 0.667. The molecule has 1 unspecified atom stereocenters. The van der Waals surface area contributed by atoms with Gasteiger partial charge in [0.25, 0.3) is 5.91 Å². The number of carbonyl (C=O) groups excluding carboxylic acids is 1. The highest BCUT2D eigenvalue weighted by Crippen LogP contribution is 2.36. The van der Waals surface area contributed by atoms with E-state index in [0.29, 0.717) is 16.9 Å². The van der Waals surface area contributed by atoms with E-state index >= 15 is 0 Å². The lowest BCUT2D eigenvalue weighted by Gasteiger charge is -2.17. The Morgan fingerprint density at radius 3 is 2.90 bits per heavy atom. The first-order chi connectivity index (χ1) is 9.50. The summed E-state index contributed by atoms with van der Waals surface area (Å²) in [6.45, 7) is 7.40. The van der Waals surface area contributed by atoms with Gasteiger partial charge in [0.15, 0.2) is 0 Å². The maximum atomic E-state index is 12.2. The SMILES string of the molecule is CCCNc1cncc(C(=O)NC2CCC(C)(C)C2)n1. The van der Waals surface area contributed by atoms with Crippen LogP contribution in [0.15, 0.2) is 12.4 Å². The minimum Gasteiger partial charge on any atom is -0.369 e. The van der Waals surface area contributed by atoms with Crippen LogP contribution in [0.25, 0.3) is 0 Å². The molecule has 1 amide bonds. The first-order valence-electron chi connectivity index (χ1n) is 7.37. The topological polar surface area (TPSA) is 66.9 Å². The highest BCUT2D eigenvalue weighted by Gasteiger charge is 2.31. The van der Waals surface area contributed by atoms with Gasteiger partial charge >= 0.3 is 0 Å². The van der Waals surface area contributed by atoms with Gasteiger partial charge in [0.2, 0.25) is 0 Å². The van der Waals surface area contributed by atoms with Crippen molar-refractivity contribution in [2.75, 3.05) is 11.9 Å². The van der Waals surface area contributed by atoms with Crippen LogP contribution in [0.3, 0.4) is 0 Å². The Labute approximate surface area is 120 Å². The largest absolute Gasteiger partial charge is 0.369 e. The zero-order valence-electron chi connectivity index (χ0n) is 12.6. The maximum Gasteiger partial charge on any atom is 0.271 e. The molecule has 5 nitrogen and oxygen atoms in total. The molecular weight excluding hydrogens is 252 g/mol. The molecule has 0 saturated heterocycles. The molecule has 110 valence electrons. The Morgan fingerprint density at radius 2 is 2.25 bits per heavy atom. The average Bonchev–Trinajstić information content (AvgIpc) is 2.76. The molecule has 0 spiro atoms. The minimum atomic E-state index is -0.125. The normalized spacial score (nSPS) is 20.6. The second-order valence-electron chi connectivity index (χ2n) is 6.29. The Bertz CT molecular complexity index is 473. The lowest BCUT2D eigenvalue weighted by Crippen LogP contribution is -2.34. The van der Waals surface area contributed by atoms with Crippen molar-refractivity contribution in [3.05, 3.63) is 18.1 Å². The Morgan fingerprint density at radius 1 is 1.45 bits per heavy atom. The second-order valence-corrected chi connectivity index (χ2v) is 6.29. The molecule has 0 aromatic carbocycles. The van der Waals surface area contributed by atoms with Gasteiger partial charge in [-0.3, -0.25) is 9.78 Å². The molecule has 1 heterocycles. The van der Waals surface area contributed by atoms with Gasteiger partial charge < -0.3 is 10.6 Å². The van der Waals surface area contributed by atoms with Crippen LogP contribution in [0, 0.1) is 5.41 Å². The van der Waals surface area contributed by atoms with E-state index in [2.05, 4.69) is 41.4 Å². The number of aromatic nitrogens is 2. The fourth-order valence-electron chi connectivity index (χ4n) is 2.63. The lowest BCUT2D eigenvalue weighted by atomic mass is 9.92. The molecule has 0 radical (unpaired) electrons. The van der Waals surface area contributed by atoms with Gasteiger partial charge in [-0.15, -0.1) is 0 Å². The number of carbonyl (C=O) groups is 1. The van der Waals surface area contributed by atoms with Gasteiger partial charge in [-0.1, -0.05) is 20.8 Å². The van der Waals surface area contributed by atoms with Crippen LogP contribution in [-0.2, 0) is 0 Å². The summed E-state index contributed by atoms with van der Waals surface area (Å²) in [5, 5.41) is 6.21. The second kappa shape index (κ2) is 6.20. The molecule has 1 aromatic rings. The summed E-state index contributed by atoms with van der Waals surface area (Å²) in [6.07, 6.45) is 7.40. The highest BCUT2D eigenvalue weighted by atomic mass is 16.1. The van der Waals surface area contributed by atoms with Crippen molar-refractivity contribution in [1.29, 1.82) is 0 Å².